The molecule has 4 N–H and O–H groups in total. The Hall–Kier alpha value is -1.98. The molecule has 10 nitrogen and oxygen atoms in total. The zero-order valence-corrected chi connectivity index (χ0v) is 22.4. The molecule has 36 heavy (non-hydrogen) atoms. The zero-order valence-electron chi connectivity index (χ0n) is 21.6. The number of imidazole rings is 1. The van der Waals surface area contributed by atoms with Crippen molar-refractivity contribution >= 4 is 33.0 Å². The highest BCUT2D eigenvalue weighted by Crippen LogP contribution is 2.35. The number of piperidine rings is 1. The van der Waals surface area contributed by atoms with Crippen molar-refractivity contribution in [1.29, 1.82) is 0 Å². The van der Waals surface area contributed by atoms with E-state index >= 15 is 0 Å². The van der Waals surface area contributed by atoms with E-state index in [9.17, 15) is 8.42 Å². The molecule has 200 valence electrons. The van der Waals surface area contributed by atoms with Gasteiger partial charge in [-0.05, 0) is 57.8 Å². The molecule has 0 radical (unpaired) electrons. The molecule has 5 rings (SSSR count). The van der Waals surface area contributed by atoms with E-state index in [1.807, 2.05) is 13.3 Å². The minimum absolute atomic E-state index is 0.168. The number of hydrogen-bond donors (Lipinski definition) is 2. The number of aromatic nitrogens is 4. The number of rotatable bonds is 8. The molecule has 0 aromatic carbocycles. The van der Waals surface area contributed by atoms with Gasteiger partial charge in [0, 0.05) is 37.3 Å². The van der Waals surface area contributed by atoms with Gasteiger partial charge >= 0.3 is 0 Å². The van der Waals surface area contributed by atoms with Crippen LogP contribution in [-0.4, -0.2) is 69.2 Å². The van der Waals surface area contributed by atoms with Crippen LogP contribution < -0.4 is 16.4 Å². The first-order valence-corrected chi connectivity index (χ1v) is 15.5. The lowest BCUT2D eigenvalue weighted by molar-refractivity contribution is 0.277. The maximum Gasteiger partial charge on any atom is 0.229 e. The van der Waals surface area contributed by atoms with Gasteiger partial charge in [-0.25, -0.2) is 17.7 Å². The normalized spacial score (nSPS) is 25.1. The molecule has 0 amide bonds. The minimum atomic E-state index is -3.20. The lowest BCUT2D eigenvalue weighted by atomic mass is 9.89. The molecule has 1 saturated heterocycles. The molecule has 2 saturated carbocycles. The smallest absolute Gasteiger partial charge is 0.229 e. The lowest BCUT2D eigenvalue weighted by Crippen LogP contribution is -2.52. The second-order valence-electron chi connectivity index (χ2n) is 10.9. The molecule has 0 spiro atoms. The van der Waals surface area contributed by atoms with E-state index in [0.29, 0.717) is 42.8 Å². The molecule has 1 aliphatic heterocycles. The van der Waals surface area contributed by atoms with Gasteiger partial charge in [-0.15, -0.1) is 0 Å². The Morgan fingerprint density at radius 1 is 1.00 bits per heavy atom. The zero-order chi connectivity index (χ0) is 25.3. The van der Waals surface area contributed by atoms with Gasteiger partial charge in [0.1, 0.15) is 5.52 Å². The Labute approximate surface area is 214 Å². The highest BCUT2D eigenvalue weighted by atomic mass is 32.2. The van der Waals surface area contributed by atoms with Crippen LogP contribution in [0.15, 0.2) is 6.33 Å². The molecule has 2 aromatic rings. The van der Waals surface area contributed by atoms with E-state index in [0.717, 1.165) is 63.4 Å². The highest BCUT2D eigenvalue weighted by molar-refractivity contribution is 7.89. The van der Waals surface area contributed by atoms with Crippen molar-refractivity contribution in [3.05, 3.63) is 6.33 Å². The number of nitrogens with zero attached hydrogens (tertiary/aromatic N) is 6. The molecule has 3 aliphatic rings. The van der Waals surface area contributed by atoms with Crippen molar-refractivity contribution < 1.29 is 8.42 Å². The predicted octanol–water partition coefficient (Wildman–Crippen LogP) is 3.19. The van der Waals surface area contributed by atoms with Crippen LogP contribution in [0.3, 0.4) is 0 Å². The van der Waals surface area contributed by atoms with Crippen LogP contribution in [0.25, 0.3) is 11.2 Å². The minimum Gasteiger partial charge on any atom is -0.382 e. The molecule has 2 aromatic heterocycles. The second kappa shape index (κ2) is 10.8. The lowest BCUT2D eigenvalue weighted by Gasteiger charge is -2.44. The second-order valence-corrected chi connectivity index (χ2v) is 13.0. The van der Waals surface area contributed by atoms with Crippen LogP contribution >= 0.6 is 0 Å². The number of hydrogen-bond acceptors (Lipinski definition) is 8. The van der Waals surface area contributed by atoms with Crippen molar-refractivity contribution in [3.63, 3.8) is 0 Å². The van der Waals surface area contributed by atoms with E-state index in [1.165, 1.54) is 12.8 Å². The Balaban J connectivity index is 1.44. The number of sulfonamides is 1. The molecule has 2 aliphatic carbocycles. The maximum atomic E-state index is 12.8. The Morgan fingerprint density at radius 2 is 1.67 bits per heavy atom. The van der Waals surface area contributed by atoms with Gasteiger partial charge in [-0.2, -0.15) is 9.97 Å². The largest absolute Gasteiger partial charge is 0.382 e. The van der Waals surface area contributed by atoms with Crippen LogP contribution in [0, 0.1) is 0 Å². The van der Waals surface area contributed by atoms with Gasteiger partial charge < -0.3 is 20.9 Å². The molecule has 3 heterocycles. The summed E-state index contributed by atoms with van der Waals surface area (Å²) < 4.78 is 29.5. The first-order chi connectivity index (χ1) is 17.4. The average molecular weight is 519 g/mol. The van der Waals surface area contributed by atoms with Crippen LogP contribution in [-0.2, 0) is 10.0 Å². The molecule has 0 atom stereocenters. The number of anilines is 2. The summed E-state index contributed by atoms with van der Waals surface area (Å²) >= 11 is 0. The third-order valence-electron chi connectivity index (χ3n) is 8.49. The summed E-state index contributed by atoms with van der Waals surface area (Å²) in [5.74, 6) is 1.32. The van der Waals surface area contributed by atoms with Gasteiger partial charge in [0.15, 0.2) is 11.5 Å². The standard InChI is InChI=1S/C25H42N8O2S/c1-2-3-16-36(34,35)31-14-12-21(13-15-31)33(20-10-8-18(26)9-11-20)25-29-23(27)22-24(30-25)32(17-28-22)19-6-4-5-7-19/h17-21H,2-16,26H2,1H3,(H2,27,29,30). The van der Waals surface area contributed by atoms with Gasteiger partial charge in [0.05, 0.1) is 12.1 Å². The van der Waals surface area contributed by atoms with Gasteiger partial charge in [0.2, 0.25) is 16.0 Å². The molecule has 11 heteroatoms. The molecule has 0 unspecified atom stereocenters. The van der Waals surface area contributed by atoms with E-state index in [-0.39, 0.29) is 23.9 Å². The topological polar surface area (TPSA) is 136 Å². The predicted molar refractivity (Wildman–Crippen MR) is 143 cm³/mol. The Kier molecular flexibility index (Phi) is 7.69. The third kappa shape index (κ3) is 5.19. The van der Waals surface area contributed by atoms with Crippen LogP contribution in [0.4, 0.5) is 11.8 Å². The molecule has 0 bridgehead atoms. The summed E-state index contributed by atoms with van der Waals surface area (Å²) in [6, 6.07) is 1.10. The summed E-state index contributed by atoms with van der Waals surface area (Å²) in [7, 11) is -3.20. The quantitative estimate of drug-likeness (QED) is 0.544. The first kappa shape index (κ1) is 25.7. The van der Waals surface area contributed by atoms with Crippen LogP contribution in [0.2, 0.25) is 0 Å². The third-order valence-corrected chi connectivity index (χ3v) is 10.4. The van der Waals surface area contributed by atoms with Crippen LogP contribution in [0.5, 0.6) is 0 Å². The Morgan fingerprint density at radius 3 is 2.33 bits per heavy atom. The van der Waals surface area contributed by atoms with E-state index in [2.05, 4.69) is 14.5 Å². The number of fused-ring (bicyclic) bond motifs is 1. The monoisotopic (exact) mass is 518 g/mol. The van der Waals surface area contributed by atoms with Crippen molar-refractivity contribution in [3.8, 4) is 0 Å². The fourth-order valence-electron chi connectivity index (χ4n) is 6.35. The molecule has 3 fully saturated rings. The van der Waals surface area contributed by atoms with E-state index in [4.69, 9.17) is 21.4 Å². The summed E-state index contributed by atoms with van der Waals surface area (Å²) in [4.78, 5) is 16.8. The van der Waals surface area contributed by atoms with E-state index in [1.54, 1.807) is 4.31 Å². The average Bonchev–Trinajstić information content (AvgIpc) is 3.55. The van der Waals surface area contributed by atoms with E-state index < -0.39 is 10.0 Å². The van der Waals surface area contributed by atoms with Crippen molar-refractivity contribution in [2.45, 2.75) is 108 Å². The highest BCUT2D eigenvalue weighted by Gasteiger charge is 2.36. The van der Waals surface area contributed by atoms with Gasteiger partial charge in [-0.1, -0.05) is 26.2 Å². The summed E-state index contributed by atoms with van der Waals surface area (Å²) in [6.07, 6.45) is 13.6. The fraction of sp³-hybridized carbons (Fsp3) is 0.800. The SMILES string of the molecule is CCCCS(=O)(=O)N1CCC(N(c2nc(N)c3ncn(C4CCCC4)c3n2)C2CCC(N)CC2)CC1. The van der Waals surface area contributed by atoms with Crippen molar-refractivity contribution in [2.24, 2.45) is 5.73 Å². The molecular weight excluding hydrogens is 476 g/mol. The van der Waals surface area contributed by atoms with Gasteiger partial charge in [-0.3, -0.25) is 0 Å². The molecular formula is C25H42N8O2S. The van der Waals surface area contributed by atoms with Crippen LogP contribution in [0.1, 0.15) is 90.0 Å². The summed E-state index contributed by atoms with van der Waals surface area (Å²) in [5, 5.41) is 0. The number of nitrogens with two attached hydrogens (primary N) is 2. The number of nitrogen functional groups attached to an aromatic ring is 1. The van der Waals surface area contributed by atoms with Crippen molar-refractivity contribution in [2.75, 3.05) is 29.5 Å². The van der Waals surface area contributed by atoms with Crippen molar-refractivity contribution in [1.82, 2.24) is 23.8 Å². The maximum absolute atomic E-state index is 12.8. The first-order valence-electron chi connectivity index (χ1n) is 13.9. The van der Waals surface area contributed by atoms with Gasteiger partial charge in [0.25, 0.3) is 0 Å². The number of unbranched alkanes of at least 4 members (excludes halogenated alkanes) is 1. The Bertz CT molecular complexity index is 1130. The summed E-state index contributed by atoms with van der Waals surface area (Å²) in [5.41, 5.74) is 14.2. The fourth-order valence-corrected chi connectivity index (χ4v) is 8.03. The summed E-state index contributed by atoms with van der Waals surface area (Å²) in [6.45, 7) is 3.10.